The minimum absolute atomic E-state index is 0.0410. The zero-order chi connectivity index (χ0) is 17.1. The third-order valence-electron chi connectivity index (χ3n) is 2.56. The van der Waals surface area contributed by atoms with Crippen LogP contribution in [0.4, 0.5) is 4.39 Å². The molecule has 0 saturated carbocycles. The first-order valence-electron chi connectivity index (χ1n) is 6.05. The fourth-order valence-electron chi connectivity index (χ4n) is 1.45. The molecule has 8 nitrogen and oxygen atoms in total. The van der Waals surface area contributed by atoms with Gasteiger partial charge >= 0.3 is 16.2 Å². The van der Waals surface area contributed by atoms with Gasteiger partial charge in [0.1, 0.15) is 0 Å². The number of hydrogen-bond donors (Lipinski definition) is 2. The minimum atomic E-state index is -4.08. The molecule has 0 heterocycles. The van der Waals surface area contributed by atoms with E-state index in [0.717, 1.165) is 16.4 Å². The first-order chi connectivity index (χ1) is 10.1. The van der Waals surface area contributed by atoms with Crippen molar-refractivity contribution in [3.05, 3.63) is 29.1 Å². The first kappa shape index (κ1) is 17.9. The number of carbonyl (C=O) groups is 2. The van der Waals surface area contributed by atoms with Crippen LogP contribution in [0.1, 0.15) is 27.6 Å². The zero-order valence-electron chi connectivity index (χ0n) is 12.1. The van der Waals surface area contributed by atoms with E-state index in [9.17, 15) is 22.4 Å². The molecule has 0 aliphatic carbocycles. The van der Waals surface area contributed by atoms with Crippen molar-refractivity contribution in [2.75, 3.05) is 20.7 Å². The molecule has 22 heavy (non-hydrogen) atoms. The van der Waals surface area contributed by atoms with Gasteiger partial charge in [0.2, 0.25) is 0 Å². The van der Waals surface area contributed by atoms with E-state index in [4.69, 9.17) is 9.84 Å². The molecule has 0 aromatic heterocycles. The van der Waals surface area contributed by atoms with Gasteiger partial charge < -0.3 is 9.84 Å². The van der Waals surface area contributed by atoms with Gasteiger partial charge in [0.05, 0.1) is 17.7 Å². The summed E-state index contributed by atoms with van der Waals surface area (Å²) in [5, 5.41) is 8.85. The highest BCUT2D eigenvalue weighted by atomic mass is 32.2. The van der Waals surface area contributed by atoms with Crippen LogP contribution in [0.3, 0.4) is 0 Å². The molecule has 0 atom stereocenters. The van der Waals surface area contributed by atoms with E-state index in [0.29, 0.717) is 0 Å². The maximum atomic E-state index is 14.1. The van der Waals surface area contributed by atoms with Crippen LogP contribution in [0, 0.1) is 5.82 Å². The summed E-state index contributed by atoms with van der Waals surface area (Å²) in [5.41, 5.74) is -1.11. The Hall–Kier alpha value is -2.20. The van der Waals surface area contributed by atoms with E-state index in [1.165, 1.54) is 21.0 Å². The quantitative estimate of drug-likeness (QED) is 0.781. The van der Waals surface area contributed by atoms with Gasteiger partial charge in [-0.05, 0) is 19.1 Å². The number of halogens is 1. The average Bonchev–Trinajstić information content (AvgIpc) is 2.39. The molecule has 0 bridgehead atoms. The molecule has 10 heteroatoms. The number of ether oxygens (including phenoxy) is 1. The van der Waals surface area contributed by atoms with Gasteiger partial charge in [0.25, 0.3) is 5.91 Å². The van der Waals surface area contributed by atoms with Crippen molar-refractivity contribution < 1.29 is 32.2 Å². The molecule has 0 radical (unpaired) electrons. The predicted octanol–water partition coefficient (Wildman–Crippen LogP) is 0.459. The molecule has 1 aromatic carbocycles. The lowest BCUT2D eigenvalue weighted by molar-refractivity contribution is 0.0689. The Morgan fingerprint density at radius 1 is 1.32 bits per heavy atom. The van der Waals surface area contributed by atoms with Crippen molar-refractivity contribution in [1.82, 2.24) is 9.03 Å². The highest BCUT2D eigenvalue weighted by molar-refractivity contribution is 7.87. The largest absolute Gasteiger partial charge is 0.490 e. The Labute approximate surface area is 126 Å². The van der Waals surface area contributed by atoms with E-state index in [-0.39, 0.29) is 6.61 Å². The highest BCUT2D eigenvalue weighted by Crippen LogP contribution is 2.26. The monoisotopic (exact) mass is 334 g/mol. The minimum Gasteiger partial charge on any atom is -0.490 e. The van der Waals surface area contributed by atoms with Crippen molar-refractivity contribution >= 4 is 22.1 Å². The Bertz CT molecular complexity index is 702. The fourth-order valence-corrected chi connectivity index (χ4v) is 1.98. The summed E-state index contributed by atoms with van der Waals surface area (Å²) in [7, 11) is -1.67. The van der Waals surface area contributed by atoms with Crippen LogP contribution in [0.15, 0.2) is 12.1 Å². The smallest absolute Gasteiger partial charge is 0.338 e. The van der Waals surface area contributed by atoms with Crippen molar-refractivity contribution in [2.45, 2.75) is 6.92 Å². The first-order valence-corrected chi connectivity index (χ1v) is 7.49. The van der Waals surface area contributed by atoms with E-state index < -0.39 is 44.8 Å². The molecule has 0 saturated heterocycles. The standard InChI is InChI=1S/C12H15FN2O6S/c1-4-21-10-8(6-5-7(9(10)13)12(17)18)11(16)14-22(19,20)15(2)3/h5-6H,4H2,1-3H3,(H,14,16)(H,17,18). The molecule has 1 rings (SSSR count). The number of amides is 1. The molecule has 0 spiro atoms. The Kier molecular flexibility index (Phi) is 5.44. The van der Waals surface area contributed by atoms with E-state index in [2.05, 4.69) is 0 Å². The lowest BCUT2D eigenvalue weighted by Gasteiger charge is -2.15. The second-order valence-corrected chi connectivity index (χ2v) is 6.15. The van der Waals surface area contributed by atoms with Crippen molar-refractivity contribution in [2.24, 2.45) is 0 Å². The number of carboxylic acid groups (broad SMARTS) is 1. The van der Waals surface area contributed by atoms with E-state index >= 15 is 0 Å². The Balaban J connectivity index is 3.33. The molecule has 0 aliphatic heterocycles. The number of nitrogens with one attached hydrogen (secondary N) is 1. The molecular formula is C12H15FN2O6S. The maximum Gasteiger partial charge on any atom is 0.338 e. The Morgan fingerprint density at radius 2 is 1.86 bits per heavy atom. The number of benzene rings is 1. The second kappa shape index (κ2) is 6.71. The average molecular weight is 334 g/mol. The molecule has 1 amide bonds. The van der Waals surface area contributed by atoms with Gasteiger partial charge in [-0.3, -0.25) is 4.79 Å². The normalized spacial score (nSPS) is 11.3. The number of nitrogens with zero attached hydrogens (tertiary/aromatic N) is 1. The van der Waals surface area contributed by atoms with Crippen LogP contribution in [0.2, 0.25) is 0 Å². The fraction of sp³-hybridized carbons (Fsp3) is 0.333. The van der Waals surface area contributed by atoms with Crippen LogP contribution in [0.5, 0.6) is 5.75 Å². The third kappa shape index (κ3) is 3.71. The summed E-state index contributed by atoms with van der Waals surface area (Å²) >= 11 is 0. The Morgan fingerprint density at radius 3 is 2.32 bits per heavy atom. The zero-order valence-corrected chi connectivity index (χ0v) is 12.9. The van der Waals surface area contributed by atoms with Gasteiger partial charge in [-0.15, -0.1) is 0 Å². The number of rotatable bonds is 6. The summed E-state index contributed by atoms with van der Waals surface area (Å²) in [6.45, 7) is 1.46. The van der Waals surface area contributed by atoms with Gasteiger partial charge in [-0.25, -0.2) is 13.9 Å². The maximum absolute atomic E-state index is 14.1. The summed E-state index contributed by atoms with van der Waals surface area (Å²) in [6.07, 6.45) is 0. The van der Waals surface area contributed by atoms with Crippen LogP contribution in [-0.4, -0.2) is 50.4 Å². The molecule has 0 unspecified atom stereocenters. The molecule has 2 N–H and O–H groups in total. The van der Waals surface area contributed by atoms with Gasteiger partial charge in [0, 0.05) is 14.1 Å². The summed E-state index contributed by atoms with van der Waals surface area (Å²) < 4.78 is 44.7. The van der Waals surface area contributed by atoms with E-state index in [1.54, 1.807) is 4.72 Å². The van der Waals surface area contributed by atoms with Gasteiger partial charge in [-0.1, -0.05) is 0 Å². The SMILES string of the molecule is CCOc1c(C(=O)NS(=O)(=O)N(C)C)ccc(C(=O)O)c1F. The van der Waals surface area contributed by atoms with Crippen LogP contribution in [-0.2, 0) is 10.2 Å². The van der Waals surface area contributed by atoms with Crippen LogP contribution >= 0.6 is 0 Å². The van der Waals surface area contributed by atoms with Crippen molar-refractivity contribution in [3.8, 4) is 5.75 Å². The predicted molar refractivity (Wildman–Crippen MR) is 74.6 cm³/mol. The number of aromatic carboxylic acids is 1. The topological polar surface area (TPSA) is 113 Å². The summed E-state index contributed by atoms with van der Waals surface area (Å²) in [4.78, 5) is 22.9. The van der Waals surface area contributed by atoms with Crippen molar-refractivity contribution in [3.63, 3.8) is 0 Å². The molecule has 0 aliphatic rings. The third-order valence-corrected chi connectivity index (χ3v) is 3.97. The number of hydrogen-bond acceptors (Lipinski definition) is 5. The number of carboxylic acids is 1. The van der Waals surface area contributed by atoms with Crippen molar-refractivity contribution in [1.29, 1.82) is 0 Å². The highest BCUT2D eigenvalue weighted by Gasteiger charge is 2.26. The van der Waals surface area contributed by atoms with Crippen LogP contribution in [0.25, 0.3) is 0 Å². The number of carbonyl (C=O) groups excluding carboxylic acids is 1. The molecule has 122 valence electrons. The molecule has 0 fully saturated rings. The van der Waals surface area contributed by atoms with E-state index in [1.807, 2.05) is 0 Å². The summed E-state index contributed by atoms with van der Waals surface area (Å²) in [6, 6.07) is 1.84. The summed E-state index contributed by atoms with van der Waals surface area (Å²) in [5.74, 6) is -4.53. The van der Waals surface area contributed by atoms with Crippen LogP contribution < -0.4 is 9.46 Å². The lowest BCUT2D eigenvalue weighted by atomic mass is 10.1. The van der Waals surface area contributed by atoms with Gasteiger partial charge in [0.15, 0.2) is 11.6 Å². The molecule has 1 aromatic rings. The second-order valence-electron chi connectivity index (χ2n) is 4.26. The van der Waals surface area contributed by atoms with Gasteiger partial charge in [-0.2, -0.15) is 12.7 Å². The lowest BCUT2D eigenvalue weighted by Crippen LogP contribution is -2.39. The molecular weight excluding hydrogens is 319 g/mol.